The smallest absolute Gasteiger partial charge is 0.238 e. The summed E-state index contributed by atoms with van der Waals surface area (Å²) in [7, 11) is 0. The van der Waals surface area contributed by atoms with Crippen LogP contribution in [0.3, 0.4) is 0 Å². The Morgan fingerprint density at radius 2 is 1.55 bits per heavy atom. The molecule has 1 amide bonds. The zero-order valence-electron chi connectivity index (χ0n) is 13.0. The van der Waals surface area contributed by atoms with Crippen molar-refractivity contribution >= 4 is 24.0 Å². The van der Waals surface area contributed by atoms with E-state index in [4.69, 9.17) is 0 Å². The fraction of sp³-hybridized carbons (Fsp3) is 0.562. The molecule has 0 radical (unpaired) electrons. The van der Waals surface area contributed by atoms with Crippen LogP contribution in [0, 0.1) is 0 Å². The minimum absolute atomic E-state index is 0. The Labute approximate surface area is 129 Å². The topological polar surface area (TPSA) is 32.3 Å². The van der Waals surface area contributed by atoms with Gasteiger partial charge in [-0.3, -0.25) is 9.69 Å². The van der Waals surface area contributed by atoms with Crippen molar-refractivity contribution < 1.29 is 4.79 Å². The first kappa shape index (κ1) is 18.9. The molecule has 1 aromatic carbocycles. The Kier molecular flexibility index (Phi) is 9.26. The third-order valence-electron chi connectivity index (χ3n) is 3.52. The quantitative estimate of drug-likeness (QED) is 0.835. The fourth-order valence-electron chi connectivity index (χ4n) is 2.23. The molecule has 1 rings (SSSR count). The lowest BCUT2D eigenvalue weighted by Gasteiger charge is -2.19. The molecule has 4 heteroatoms. The number of nitrogens with one attached hydrogen (secondary N) is 1. The van der Waals surface area contributed by atoms with Crippen molar-refractivity contribution in [3.8, 4) is 0 Å². The van der Waals surface area contributed by atoms with Crippen LogP contribution >= 0.6 is 12.4 Å². The van der Waals surface area contributed by atoms with E-state index in [-0.39, 0.29) is 18.3 Å². The van der Waals surface area contributed by atoms with Gasteiger partial charge >= 0.3 is 0 Å². The molecule has 0 atom stereocenters. The van der Waals surface area contributed by atoms with Gasteiger partial charge in [0, 0.05) is 5.69 Å². The highest BCUT2D eigenvalue weighted by Gasteiger charge is 2.12. The molecular formula is C16H27ClN2O. The van der Waals surface area contributed by atoms with Gasteiger partial charge in [-0.25, -0.2) is 0 Å². The van der Waals surface area contributed by atoms with Crippen molar-refractivity contribution in [2.45, 2.75) is 40.5 Å². The molecule has 0 heterocycles. The number of carbonyl (C=O) groups is 1. The van der Waals surface area contributed by atoms with Crippen molar-refractivity contribution in [1.82, 2.24) is 4.90 Å². The molecule has 0 fully saturated rings. The van der Waals surface area contributed by atoms with Gasteiger partial charge in [0.15, 0.2) is 0 Å². The molecule has 0 aliphatic heterocycles. The summed E-state index contributed by atoms with van der Waals surface area (Å²) in [6.07, 6.45) is 1.88. The second-order valence-electron chi connectivity index (χ2n) is 4.67. The number of benzene rings is 1. The molecule has 0 aliphatic rings. The second kappa shape index (κ2) is 9.78. The summed E-state index contributed by atoms with van der Waals surface area (Å²) in [5.41, 5.74) is 3.45. The third-order valence-corrected chi connectivity index (χ3v) is 3.52. The van der Waals surface area contributed by atoms with Gasteiger partial charge in [-0.2, -0.15) is 0 Å². The van der Waals surface area contributed by atoms with Gasteiger partial charge in [-0.15, -0.1) is 12.4 Å². The Hall–Kier alpha value is -1.06. The SMILES string of the molecule is CCc1cccc(CC)c1NC(=O)CN(CC)CC.Cl. The molecule has 0 spiro atoms. The van der Waals surface area contributed by atoms with Crippen molar-refractivity contribution in [2.75, 3.05) is 25.0 Å². The molecule has 0 saturated carbocycles. The largest absolute Gasteiger partial charge is 0.324 e. The van der Waals surface area contributed by atoms with E-state index >= 15 is 0 Å². The molecule has 1 N–H and O–H groups in total. The minimum Gasteiger partial charge on any atom is -0.324 e. The Bertz CT molecular complexity index is 395. The molecule has 0 aromatic heterocycles. The molecule has 114 valence electrons. The third kappa shape index (κ3) is 5.14. The lowest BCUT2D eigenvalue weighted by atomic mass is 10.0. The number of likely N-dealkylation sites (N-methyl/N-ethyl adjacent to an activating group) is 1. The zero-order valence-corrected chi connectivity index (χ0v) is 13.8. The van der Waals surface area contributed by atoms with Gasteiger partial charge in [0.05, 0.1) is 6.54 Å². The number of rotatable bonds is 7. The average molecular weight is 299 g/mol. The number of carbonyl (C=O) groups excluding carboxylic acids is 1. The fourth-order valence-corrected chi connectivity index (χ4v) is 2.23. The van der Waals surface area contributed by atoms with Gasteiger partial charge in [-0.05, 0) is 37.1 Å². The molecule has 20 heavy (non-hydrogen) atoms. The second-order valence-corrected chi connectivity index (χ2v) is 4.67. The minimum atomic E-state index is 0. The molecular weight excluding hydrogens is 272 g/mol. The Morgan fingerprint density at radius 1 is 1.05 bits per heavy atom. The summed E-state index contributed by atoms with van der Waals surface area (Å²) >= 11 is 0. The maximum absolute atomic E-state index is 12.1. The van der Waals surface area contributed by atoms with Crippen molar-refractivity contribution in [3.05, 3.63) is 29.3 Å². The number of anilines is 1. The monoisotopic (exact) mass is 298 g/mol. The van der Waals surface area contributed by atoms with Crippen LogP contribution in [0.5, 0.6) is 0 Å². The first-order valence-corrected chi connectivity index (χ1v) is 7.29. The van der Waals surface area contributed by atoms with Crippen molar-refractivity contribution in [2.24, 2.45) is 0 Å². The van der Waals surface area contributed by atoms with Crippen LogP contribution in [0.25, 0.3) is 0 Å². The van der Waals surface area contributed by atoms with E-state index in [1.54, 1.807) is 0 Å². The predicted molar refractivity (Wildman–Crippen MR) is 88.9 cm³/mol. The van der Waals surface area contributed by atoms with Crippen LogP contribution in [-0.2, 0) is 17.6 Å². The standard InChI is InChI=1S/C16H26N2O.ClH/c1-5-13-10-9-11-14(6-2)16(13)17-15(19)12-18(7-3)8-4;/h9-11H,5-8,12H2,1-4H3,(H,17,19);1H. The average Bonchev–Trinajstić information content (AvgIpc) is 2.44. The zero-order chi connectivity index (χ0) is 14.3. The van der Waals surface area contributed by atoms with Crippen LogP contribution < -0.4 is 5.32 Å². The highest BCUT2D eigenvalue weighted by molar-refractivity contribution is 5.93. The Morgan fingerprint density at radius 3 is 1.95 bits per heavy atom. The van der Waals surface area contributed by atoms with Crippen molar-refractivity contribution in [1.29, 1.82) is 0 Å². The first-order valence-electron chi connectivity index (χ1n) is 7.29. The lowest BCUT2D eigenvalue weighted by molar-refractivity contribution is -0.117. The Balaban J connectivity index is 0.00000361. The van der Waals surface area contributed by atoms with Crippen molar-refractivity contribution in [3.63, 3.8) is 0 Å². The van der Waals surface area contributed by atoms with E-state index in [9.17, 15) is 4.79 Å². The van der Waals surface area contributed by atoms with Gasteiger partial charge in [0.25, 0.3) is 0 Å². The van der Waals surface area contributed by atoms with Crippen LogP contribution in [0.2, 0.25) is 0 Å². The molecule has 0 saturated heterocycles. The summed E-state index contributed by atoms with van der Waals surface area (Å²) < 4.78 is 0. The number of hydrogen-bond donors (Lipinski definition) is 1. The lowest BCUT2D eigenvalue weighted by Crippen LogP contribution is -2.33. The molecule has 0 aliphatic carbocycles. The number of para-hydroxylation sites is 1. The number of hydrogen-bond acceptors (Lipinski definition) is 2. The van der Waals surface area contributed by atoms with Gasteiger partial charge in [0.2, 0.25) is 5.91 Å². The number of aryl methyl sites for hydroxylation is 2. The summed E-state index contributed by atoms with van der Waals surface area (Å²) in [6, 6.07) is 6.25. The molecule has 0 bridgehead atoms. The van der Waals surface area contributed by atoms with Crippen LogP contribution in [0.1, 0.15) is 38.8 Å². The van der Waals surface area contributed by atoms with Gasteiger partial charge < -0.3 is 5.32 Å². The number of nitrogens with zero attached hydrogens (tertiary/aromatic N) is 1. The molecule has 0 unspecified atom stereocenters. The normalized spacial score (nSPS) is 10.2. The van der Waals surface area contributed by atoms with Crippen LogP contribution in [0.15, 0.2) is 18.2 Å². The summed E-state index contributed by atoms with van der Waals surface area (Å²) in [5.74, 6) is 0.0827. The van der Waals surface area contributed by atoms with E-state index < -0.39 is 0 Å². The summed E-state index contributed by atoms with van der Waals surface area (Å²) in [6.45, 7) is 10.7. The van der Waals surface area contributed by atoms with Crippen LogP contribution in [-0.4, -0.2) is 30.4 Å². The summed E-state index contributed by atoms with van der Waals surface area (Å²) in [5, 5.41) is 3.10. The number of halogens is 1. The van der Waals surface area contributed by atoms with E-state index in [1.807, 2.05) is 0 Å². The predicted octanol–water partition coefficient (Wildman–Crippen LogP) is 3.51. The van der Waals surface area contributed by atoms with E-state index in [2.05, 4.69) is 56.1 Å². The maximum Gasteiger partial charge on any atom is 0.238 e. The van der Waals surface area contributed by atoms with E-state index in [0.717, 1.165) is 31.6 Å². The van der Waals surface area contributed by atoms with E-state index in [0.29, 0.717) is 6.54 Å². The summed E-state index contributed by atoms with van der Waals surface area (Å²) in [4.78, 5) is 14.2. The maximum atomic E-state index is 12.1. The van der Waals surface area contributed by atoms with Gasteiger partial charge in [-0.1, -0.05) is 45.9 Å². The molecule has 3 nitrogen and oxygen atoms in total. The highest BCUT2D eigenvalue weighted by atomic mass is 35.5. The highest BCUT2D eigenvalue weighted by Crippen LogP contribution is 2.22. The van der Waals surface area contributed by atoms with E-state index in [1.165, 1.54) is 11.1 Å². The first-order chi connectivity index (χ1) is 9.15. The molecule has 1 aromatic rings. The van der Waals surface area contributed by atoms with Gasteiger partial charge in [0.1, 0.15) is 0 Å². The van der Waals surface area contributed by atoms with Crippen LogP contribution in [0.4, 0.5) is 5.69 Å². The number of amides is 1.